The Bertz CT molecular complexity index is 1270. The normalized spacial score (nSPS) is 16.1. The van der Waals surface area contributed by atoms with Crippen LogP contribution in [0, 0.1) is 5.82 Å². The minimum atomic E-state index is -4.39. The Hall–Kier alpha value is -3.89. The lowest BCUT2D eigenvalue weighted by Crippen LogP contribution is -2.25. The van der Waals surface area contributed by atoms with E-state index in [2.05, 4.69) is 30.6 Å². The van der Waals surface area contributed by atoms with Crippen LogP contribution in [0.25, 0.3) is 11.4 Å². The first-order valence-electron chi connectivity index (χ1n) is 11.2. The number of nitrogens with one attached hydrogen (secondary N) is 1. The maximum Gasteiger partial charge on any atom is 0.416 e. The van der Waals surface area contributed by atoms with E-state index in [1.54, 1.807) is 0 Å². The molecular formula is C24H21F4N7. The van der Waals surface area contributed by atoms with Crippen LogP contribution in [0.2, 0.25) is 0 Å². The fourth-order valence-electron chi connectivity index (χ4n) is 4.40. The third-order valence-electron chi connectivity index (χ3n) is 6.20. The summed E-state index contributed by atoms with van der Waals surface area (Å²) in [5, 5.41) is 13.8. The van der Waals surface area contributed by atoms with Gasteiger partial charge in [0.05, 0.1) is 17.3 Å². The topological polar surface area (TPSA) is 83.5 Å². The number of hydrogen-bond donors (Lipinski definition) is 1. The van der Waals surface area contributed by atoms with Crippen molar-refractivity contribution < 1.29 is 17.6 Å². The maximum atomic E-state index is 15.4. The van der Waals surface area contributed by atoms with Gasteiger partial charge >= 0.3 is 6.18 Å². The second-order valence-corrected chi connectivity index (χ2v) is 8.36. The van der Waals surface area contributed by atoms with Crippen molar-refractivity contribution in [3.05, 3.63) is 83.1 Å². The van der Waals surface area contributed by atoms with Gasteiger partial charge in [-0.15, -0.1) is 10.2 Å². The Morgan fingerprint density at radius 2 is 1.74 bits per heavy atom. The predicted molar refractivity (Wildman–Crippen MR) is 120 cm³/mol. The molecule has 0 spiro atoms. The summed E-state index contributed by atoms with van der Waals surface area (Å²) >= 11 is 0. The lowest BCUT2D eigenvalue weighted by atomic mass is 10.0. The van der Waals surface area contributed by atoms with Crippen LogP contribution < -0.4 is 4.90 Å². The standard InChI is InChI=1S/C24H21F4N7/c25-21-19(12-5-15-3-6-17(7-4-15)22-31-33-34-32-22)29-14-30-23(21)35-13-1-2-20(35)16-8-10-18(11-9-16)24(26,27)28/h3-4,6-11,14,20H,1-2,5,12-13H2,(H,31,32,33,34). The minimum absolute atomic E-state index is 0.185. The fourth-order valence-corrected chi connectivity index (χ4v) is 4.40. The molecule has 1 atom stereocenters. The quantitative estimate of drug-likeness (QED) is 0.391. The third-order valence-corrected chi connectivity index (χ3v) is 6.20. The Labute approximate surface area is 198 Å². The third kappa shape index (κ3) is 4.84. The minimum Gasteiger partial charge on any atom is -0.347 e. The highest BCUT2D eigenvalue weighted by atomic mass is 19.4. The zero-order valence-electron chi connectivity index (χ0n) is 18.5. The van der Waals surface area contributed by atoms with Gasteiger partial charge < -0.3 is 4.90 Å². The smallest absolute Gasteiger partial charge is 0.347 e. The number of hydrogen-bond acceptors (Lipinski definition) is 6. The molecule has 0 saturated carbocycles. The van der Waals surface area contributed by atoms with Gasteiger partial charge in [-0.3, -0.25) is 0 Å². The van der Waals surface area contributed by atoms with E-state index < -0.39 is 17.6 Å². The highest BCUT2D eigenvalue weighted by Crippen LogP contribution is 2.38. The van der Waals surface area contributed by atoms with Crippen LogP contribution in [-0.4, -0.2) is 37.1 Å². The highest BCUT2D eigenvalue weighted by molar-refractivity contribution is 5.54. The van der Waals surface area contributed by atoms with Crippen molar-refractivity contribution in [3.63, 3.8) is 0 Å². The van der Waals surface area contributed by atoms with Gasteiger partial charge in [0.1, 0.15) is 6.33 Å². The van der Waals surface area contributed by atoms with Crippen molar-refractivity contribution in [1.29, 1.82) is 0 Å². The Morgan fingerprint density at radius 1 is 0.971 bits per heavy atom. The fraction of sp³-hybridized carbons (Fsp3) is 0.292. The number of aromatic amines is 1. The molecule has 0 radical (unpaired) electrons. The van der Waals surface area contributed by atoms with E-state index in [0.29, 0.717) is 42.9 Å². The Balaban J connectivity index is 1.31. The van der Waals surface area contributed by atoms with Gasteiger partial charge in [-0.25, -0.2) is 14.4 Å². The first-order chi connectivity index (χ1) is 16.9. The van der Waals surface area contributed by atoms with Crippen molar-refractivity contribution in [2.75, 3.05) is 11.4 Å². The molecule has 11 heteroatoms. The average Bonchev–Trinajstić information content (AvgIpc) is 3.56. The van der Waals surface area contributed by atoms with Crippen molar-refractivity contribution in [2.45, 2.75) is 37.9 Å². The molecule has 2 aromatic carbocycles. The van der Waals surface area contributed by atoms with Crippen LogP contribution in [0.1, 0.15) is 41.3 Å². The molecule has 1 aliphatic heterocycles. The number of rotatable bonds is 6. The Morgan fingerprint density at radius 3 is 2.43 bits per heavy atom. The largest absolute Gasteiger partial charge is 0.416 e. The van der Waals surface area contributed by atoms with Crippen LogP contribution in [-0.2, 0) is 19.0 Å². The summed E-state index contributed by atoms with van der Waals surface area (Å²) in [5.74, 6) is 0.191. The van der Waals surface area contributed by atoms with E-state index in [0.717, 1.165) is 29.7 Å². The summed E-state index contributed by atoms with van der Waals surface area (Å²) < 4.78 is 54.2. The first-order valence-corrected chi connectivity index (χ1v) is 11.2. The molecule has 35 heavy (non-hydrogen) atoms. The number of tetrazole rings is 1. The molecule has 2 aromatic heterocycles. The molecule has 0 amide bonds. The van der Waals surface area contributed by atoms with Gasteiger partial charge in [-0.05, 0) is 54.2 Å². The van der Waals surface area contributed by atoms with E-state index in [1.807, 2.05) is 29.2 Å². The molecule has 1 unspecified atom stereocenters. The molecule has 4 aromatic rings. The van der Waals surface area contributed by atoms with Gasteiger partial charge in [0.25, 0.3) is 0 Å². The van der Waals surface area contributed by atoms with Gasteiger partial charge in [-0.1, -0.05) is 36.4 Å². The number of aryl methyl sites for hydroxylation is 2. The number of nitrogens with zero attached hydrogens (tertiary/aromatic N) is 6. The summed E-state index contributed by atoms with van der Waals surface area (Å²) in [6.45, 7) is 0.566. The molecule has 0 aliphatic carbocycles. The lowest BCUT2D eigenvalue weighted by Gasteiger charge is -2.27. The van der Waals surface area contributed by atoms with Crippen molar-refractivity contribution >= 4 is 5.82 Å². The summed E-state index contributed by atoms with van der Waals surface area (Å²) in [6, 6.07) is 12.4. The zero-order valence-corrected chi connectivity index (χ0v) is 18.5. The molecule has 7 nitrogen and oxygen atoms in total. The van der Waals surface area contributed by atoms with E-state index in [9.17, 15) is 13.2 Å². The molecule has 1 saturated heterocycles. The van der Waals surface area contributed by atoms with Crippen LogP contribution in [0.15, 0.2) is 54.9 Å². The van der Waals surface area contributed by atoms with Crippen LogP contribution in [0.3, 0.4) is 0 Å². The van der Waals surface area contributed by atoms with Gasteiger partial charge in [-0.2, -0.15) is 18.4 Å². The molecule has 5 rings (SSSR count). The molecule has 3 heterocycles. The van der Waals surface area contributed by atoms with E-state index in [1.165, 1.54) is 18.5 Å². The number of anilines is 1. The summed E-state index contributed by atoms with van der Waals surface area (Å²) in [6.07, 6.45) is -0.609. The van der Waals surface area contributed by atoms with Crippen molar-refractivity contribution in [3.8, 4) is 11.4 Å². The number of H-pyrrole nitrogens is 1. The molecule has 0 bridgehead atoms. The van der Waals surface area contributed by atoms with E-state index >= 15 is 4.39 Å². The molecule has 1 N–H and O–H groups in total. The lowest BCUT2D eigenvalue weighted by molar-refractivity contribution is -0.137. The van der Waals surface area contributed by atoms with Crippen molar-refractivity contribution in [1.82, 2.24) is 30.6 Å². The van der Waals surface area contributed by atoms with Crippen LogP contribution in [0.4, 0.5) is 23.4 Å². The van der Waals surface area contributed by atoms with Crippen LogP contribution in [0.5, 0.6) is 0 Å². The number of benzene rings is 2. The molecule has 1 fully saturated rings. The summed E-state index contributed by atoms with van der Waals surface area (Å²) in [7, 11) is 0. The van der Waals surface area contributed by atoms with E-state index in [-0.39, 0.29) is 11.9 Å². The van der Waals surface area contributed by atoms with Crippen molar-refractivity contribution in [2.24, 2.45) is 0 Å². The predicted octanol–water partition coefficient (Wildman–Crippen LogP) is 4.94. The van der Waals surface area contributed by atoms with Gasteiger partial charge in [0.15, 0.2) is 11.6 Å². The molecule has 1 aliphatic rings. The monoisotopic (exact) mass is 483 g/mol. The number of halogens is 4. The second kappa shape index (κ2) is 9.40. The molecular weight excluding hydrogens is 462 g/mol. The highest BCUT2D eigenvalue weighted by Gasteiger charge is 2.33. The average molecular weight is 483 g/mol. The summed E-state index contributed by atoms with van der Waals surface area (Å²) in [4.78, 5) is 10.2. The van der Waals surface area contributed by atoms with E-state index in [4.69, 9.17) is 0 Å². The zero-order chi connectivity index (χ0) is 24.4. The SMILES string of the molecule is Fc1c(CCc2ccc(-c3nn[nH]n3)cc2)ncnc1N1CCCC1c1ccc(C(F)(F)F)cc1. The number of aromatic nitrogens is 6. The molecule has 180 valence electrons. The maximum absolute atomic E-state index is 15.4. The second-order valence-electron chi connectivity index (χ2n) is 8.36. The first kappa shape index (κ1) is 22.9. The summed E-state index contributed by atoms with van der Waals surface area (Å²) in [5.41, 5.74) is 2.13. The number of alkyl halides is 3. The Kier molecular flexibility index (Phi) is 6.14. The van der Waals surface area contributed by atoms with Crippen LogP contribution >= 0.6 is 0 Å². The van der Waals surface area contributed by atoms with Gasteiger partial charge in [0.2, 0.25) is 5.82 Å². The van der Waals surface area contributed by atoms with Gasteiger partial charge in [0, 0.05) is 12.1 Å².